The average Bonchev–Trinajstić information content (AvgIpc) is 3.48. The molecular weight excluding hydrogens is 385 g/mol. The van der Waals surface area contributed by atoms with E-state index in [-0.39, 0.29) is 0 Å². The molecule has 138 valence electrons. The number of nitrogens with one attached hydrogen (secondary N) is 1. The van der Waals surface area contributed by atoms with Crippen LogP contribution in [0.4, 0.5) is 11.4 Å². The molecule has 1 aliphatic rings. The number of ether oxygens (including phenoxy) is 1. The quantitative estimate of drug-likeness (QED) is 0.610. The highest BCUT2D eigenvalue weighted by Crippen LogP contribution is 2.46. The molecule has 3 N–H and O–H groups in total. The smallest absolute Gasteiger partial charge is 0.252 e. The Hall–Kier alpha value is -2.50. The van der Waals surface area contributed by atoms with Crippen molar-refractivity contribution in [2.75, 3.05) is 12.4 Å². The van der Waals surface area contributed by atoms with Gasteiger partial charge >= 0.3 is 0 Å². The average molecular weight is 402 g/mol. The molecule has 27 heavy (non-hydrogen) atoms. The van der Waals surface area contributed by atoms with Gasteiger partial charge in [-0.3, -0.25) is 9.78 Å². The number of hydrogen-bond acceptors (Lipinski definition) is 4. The summed E-state index contributed by atoms with van der Waals surface area (Å²) in [6.07, 6.45) is 3.72. The van der Waals surface area contributed by atoms with Crippen LogP contribution in [-0.2, 0) is 0 Å². The van der Waals surface area contributed by atoms with Gasteiger partial charge < -0.3 is 15.8 Å². The number of amides is 1. The fourth-order valence-electron chi connectivity index (χ4n) is 3.17. The van der Waals surface area contributed by atoms with Crippen molar-refractivity contribution in [3.05, 3.63) is 57.7 Å². The molecule has 0 bridgehead atoms. The topological polar surface area (TPSA) is 77.2 Å². The number of fused-ring (bicyclic) bond motifs is 1. The van der Waals surface area contributed by atoms with Crippen molar-refractivity contribution >= 4 is 51.4 Å². The lowest BCUT2D eigenvalue weighted by atomic mass is 10.0. The Balaban J connectivity index is 1.91. The summed E-state index contributed by atoms with van der Waals surface area (Å²) in [7, 11) is 1.65. The van der Waals surface area contributed by atoms with Crippen molar-refractivity contribution in [2.24, 2.45) is 5.73 Å². The zero-order valence-corrected chi connectivity index (χ0v) is 16.1. The van der Waals surface area contributed by atoms with Crippen LogP contribution in [0.3, 0.4) is 0 Å². The van der Waals surface area contributed by atoms with Crippen molar-refractivity contribution < 1.29 is 9.53 Å². The number of pyridine rings is 1. The molecule has 1 aromatic heterocycles. The summed E-state index contributed by atoms with van der Waals surface area (Å²) in [4.78, 5) is 16.4. The molecule has 0 aliphatic heterocycles. The Morgan fingerprint density at radius 1 is 1.22 bits per heavy atom. The number of methoxy groups -OCH3 is 1. The van der Waals surface area contributed by atoms with Crippen molar-refractivity contribution in [3.8, 4) is 5.75 Å². The van der Waals surface area contributed by atoms with E-state index in [1.807, 2.05) is 12.1 Å². The molecule has 1 aliphatic carbocycles. The summed E-state index contributed by atoms with van der Waals surface area (Å²) in [6, 6.07) is 9.11. The summed E-state index contributed by atoms with van der Waals surface area (Å²) >= 11 is 12.1. The second kappa shape index (κ2) is 6.91. The number of primary amides is 1. The molecule has 5 nitrogen and oxygen atoms in total. The predicted molar refractivity (Wildman–Crippen MR) is 109 cm³/mol. The first-order valence-corrected chi connectivity index (χ1v) is 9.26. The fourth-order valence-corrected chi connectivity index (χ4v) is 3.46. The lowest BCUT2D eigenvalue weighted by molar-refractivity contribution is 0.100. The third kappa shape index (κ3) is 3.40. The van der Waals surface area contributed by atoms with Crippen LogP contribution in [0.25, 0.3) is 10.9 Å². The number of hydrogen-bond donors (Lipinski definition) is 2. The van der Waals surface area contributed by atoms with Crippen LogP contribution >= 0.6 is 23.2 Å². The van der Waals surface area contributed by atoms with Gasteiger partial charge in [0, 0.05) is 23.3 Å². The van der Waals surface area contributed by atoms with E-state index in [2.05, 4.69) is 10.3 Å². The van der Waals surface area contributed by atoms with E-state index >= 15 is 0 Å². The maximum Gasteiger partial charge on any atom is 0.252 e. The Bertz CT molecular complexity index is 1060. The van der Waals surface area contributed by atoms with E-state index in [9.17, 15) is 4.79 Å². The number of nitrogens with zero attached hydrogens (tertiary/aromatic N) is 1. The largest absolute Gasteiger partial charge is 0.496 e. The molecule has 1 heterocycles. The highest BCUT2D eigenvalue weighted by molar-refractivity contribution is 6.42. The van der Waals surface area contributed by atoms with Crippen LogP contribution in [0.5, 0.6) is 5.75 Å². The number of anilines is 2. The van der Waals surface area contributed by atoms with Crippen LogP contribution in [0.2, 0.25) is 10.0 Å². The summed E-state index contributed by atoms with van der Waals surface area (Å²) in [5.41, 5.74) is 9.01. The molecule has 1 saturated carbocycles. The van der Waals surface area contributed by atoms with Crippen molar-refractivity contribution in [2.45, 2.75) is 18.8 Å². The first-order valence-electron chi connectivity index (χ1n) is 8.50. The van der Waals surface area contributed by atoms with Gasteiger partial charge in [-0.1, -0.05) is 23.2 Å². The first kappa shape index (κ1) is 17.9. The lowest BCUT2D eigenvalue weighted by Crippen LogP contribution is -2.14. The summed E-state index contributed by atoms with van der Waals surface area (Å²) in [5, 5.41) is 4.94. The Morgan fingerprint density at radius 2 is 2.00 bits per heavy atom. The predicted octanol–water partition coefficient (Wildman–Crippen LogP) is 5.27. The maximum atomic E-state index is 12.0. The summed E-state index contributed by atoms with van der Waals surface area (Å²) < 4.78 is 5.54. The fraction of sp³-hybridized carbons (Fsp3) is 0.200. The molecule has 4 rings (SSSR count). The summed E-state index contributed by atoms with van der Waals surface area (Å²) in [6.45, 7) is 0. The minimum atomic E-state index is -0.559. The maximum absolute atomic E-state index is 12.0. The molecule has 2 aromatic carbocycles. The number of nitrogens with two attached hydrogens (primary N) is 1. The molecule has 0 unspecified atom stereocenters. The highest BCUT2D eigenvalue weighted by atomic mass is 35.5. The van der Waals surface area contributed by atoms with Gasteiger partial charge in [0.15, 0.2) is 0 Å². The minimum absolute atomic E-state index is 0.306. The number of carbonyl (C=O) groups is 1. The van der Waals surface area contributed by atoms with Gasteiger partial charge in [-0.2, -0.15) is 0 Å². The molecule has 0 spiro atoms. The lowest BCUT2D eigenvalue weighted by Gasteiger charge is -2.16. The Kier molecular flexibility index (Phi) is 4.58. The second-order valence-corrected chi connectivity index (χ2v) is 7.36. The molecule has 1 amide bonds. The van der Waals surface area contributed by atoms with E-state index in [0.717, 1.165) is 29.5 Å². The molecule has 0 radical (unpaired) electrons. The van der Waals surface area contributed by atoms with Gasteiger partial charge in [-0.15, -0.1) is 0 Å². The number of halogens is 2. The molecule has 7 heteroatoms. The van der Waals surface area contributed by atoms with Gasteiger partial charge in [0.05, 0.1) is 33.9 Å². The second-order valence-electron chi connectivity index (χ2n) is 6.55. The van der Waals surface area contributed by atoms with Gasteiger partial charge in [0.2, 0.25) is 0 Å². The van der Waals surface area contributed by atoms with Crippen molar-refractivity contribution in [1.82, 2.24) is 4.98 Å². The van der Waals surface area contributed by atoms with Crippen LogP contribution in [0.1, 0.15) is 34.7 Å². The van der Waals surface area contributed by atoms with Crippen LogP contribution in [0, 0.1) is 0 Å². The zero-order valence-electron chi connectivity index (χ0n) is 14.6. The van der Waals surface area contributed by atoms with Crippen molar-refractivity contribution in [1.29, 1.82) is 0 Å². The Morgan fingerprint density at radius 3 is 2.63 bits per heavy atom. The van der Waals surface area contributed by atoms with Gasteiger partial charge in [0.25, 0.3) is 5.91 Å². The molecule has 0 saturated heterocycles. The molecular formula is C20H17Cl2N3O2. The van der Waals surface area contributed by atoms with Crippen molar-refractivity contribution in [3.63, 3.8) is 0 Å². The van der Waals surface area contributed by atoms with E-state index in [0.29, 0.717) is 38.4 Å². The Labute approximate surface area is 166 Å². The number of aromatic nitrogens is 1. The monoisotopic (exact) mass is 401 g/mol. The number of rotatable bonds is 5. The SMILES string of the molecule is COc1cc2ncc(C(N)=O)c(Nc3ccc(Cl)c(Cl)c3)c2cc1C1CC1. The van der Waals surface area contributed by atoms with E-state index < -0.39 is 5.91 Å². The standard InChI is InChI=1S/C20H17Cl2N3O2/c1-27-18-8-17-13(7-12(18)10-2-3-10)19(14(9-24-17)20(23)26)25-11-4-5-15(21)16(22)6-11/h4-10H,2-3H2,1H3,(H2,23,26)(H,24,25). The molecule has 3 aromatic rings. The van der Waals surface area contributed by atoms with E-state index in [4.69, 9.17) is 33.7 Å². The summed E-state index contributed by atoms with van der Waals surface area (Å²) in [5.74, 6) is 0.722. The van der Waals surface area contributed by atoms with Gasteiger partial charge in [0.1, 0.15) is 5.75 Å². The molecule has 1 fully saturated rings. The van der Waals surface area contributed by atoms with Crippen LogP contribution < -0.4 is 15.8 Å². The normalized spacial score (nSPS) is 13.6. The third-order valence-corrected chi connectivity index (χ3v) is 5.43. The number of benzene rings is 2. The number of carbonyl (C=O) groups excluding carboxylic acids is 1. The van der Waals surface area contributed by atoms with Crippen LogP contribution in [-0.4, -0.2) is 18.0 Å². The highest BCUT2D eigenvalue weighted by Gasteiger charge is 2.28. The third-order valence-electron chi connectivity index (χ3n) is 4.69. The molecule has 0 atom stereocenters. The first-order chi connectivity index (χ1) is 13.0. The van der Waals surface area contributed by atoms with Gasteiger partial charge in [-0.05, 0) is 48.6 Å². The minimum Gasteiger partial charge on any atom is -0.496 e. The van der Waals surface area contributed by atoms with E-state index in [1.165, 1.54) is 6.20 Å². The van der Waals surface area contributed by atoms with E-state index in [1.54, 1.807) is 25.3 Å². The van der Waals surface area contributed by atoms with Crippen LogP contribution in [0.15, 0.2) is 36.5 Å². The van der Waals surface area contributed by atoms with Gasteiger partial charge in [-0.25, -0.2) is 0 Å². The zero-order chi connectivity index (χ0) is 19.1.